The summed E-state index contributed by atoms with van der Waals surface area (Å²) < 4.78 is 9.28. The average Bonchev–Trinajstić information content (AvgIpc) is 3.12. The minimum absolute atomic E-state index is 0.0435. The Kier molecular flexibility index (Phi) is 12.8. The van der Waals surface area contributed by atoms with Gasteiger partial charge in [-0.2, -0.15) is 0 Å². The summed E-state index contributed by atoms with van der Waals surface area (Å²) in [6.07, 6.45) is 8.73. The summed E-state index contributed by atoms with van der Waals surface area (Å²) in [4.78, 5) is 41.1. The first-order chi connectivity index (χ1) is 22.3. The number of hydrogen-bond donors (Lipinski definition) is 3. The lowest BCUT2D eigenvalue weighted by Crippen LogP contribution is -2.35. The number of nitrogens with one attached hydrogen (secondary N) is 1. The van der Waals surface area contributed by atoms with Gasteiger partial charge >= 0.3 is 11.9 Å². The molecule has 10 heteroatoms. The SMILES string of the molecule is COC(=O)[C@@H](N)Cc1ccc(C2=CCN(C(=O)c3ccccn3)CC2)cc1.COC(=O)[C@@H](N)Cc1ccc(C2=CCNCC2)cc1. The molecule has 242 valence electrons. The number of amides is 1. The van der Waals surface area contributed by atoms with Gasteiger partial charge in [-0.15, -0.1) is 0 Å². The molecule has 3 heterocycles. The zero-order valence-electron chi connectivity index (χ0n) is 26.5. The van der Waals surface area contributed by atoms with Crippen molar-refractivity contribution in [2.24, 2.45) is 11.5 Å². The minimum atomic E-state index is -0.652. The standard InChI is InChI=1S/C21H23N3O3.C15H20N2O2/c1-27-21(26)18(22)14-15-5-7-16(8-6-15)17-9-12-24(13-10-17)20(25)19-4-2-3-11-23-19;1-19-15(18)14(16)10-11-2-4-12(5-3-11)13-6-8-17-9-7-13/h2-9,11,18H,10,12-14,22H2,1H3;2-6,14,17H,7-10,16H2,1H3/t18-;14-/m00/s1. The van der Waals surface area contributed by atoms with Crippen molar-refractivity contribution in [3.05, 3.63) is 113 Å². The summed E-state index contributed by atoms with van der Waals surface area (Å²) >= 11 is 0. The molecule has 0 saturated heterocycles. The van der Waals surface area contributed by atoms with Crippen LogP contribution in [0.2, 0.25) is 0 Å². The van der Waals surface area contributed by atoms with Crippen molar-refractivity contribution in [1.82, 2.24) is 15.2 Å². The number of aromatic nitrogens is 1. The lowest BCUT2D eigenvalue weighted by Gasteiger charge is -2.26. The molecule has 46 heavy (non-hydrogen) atoms. The number of carbonyl (C=O) groups is 3. The molecule has 0 radical (unpaired) electrons. The van der Waals surface area contributed by atoms with E-state index in [1.165, 1.54) is 30.9 Å². The van der Waals surface area contributed by atoms with Crippen LogP contribution in [-0.4, -0.2) is 80.2 Å². The van der Waals surface area contributed by atoms with Gasteiger partial charge in [0.05, 0.1) is 14.2 Å². The molecule has 0 unspecified atom stereocenters. The molecular formula is C36H43N5O5. The molecule has 0 saturated carbocycles. The van der Waals surface area contributed by atoms with E-state index >= 15 is 0 Å². The van der Waals surface area contributed by atoms with E-state index in [-0.39, 0.29) is 11.9 Å². The van der Waals surface area contributed by atoms with E-state index in [0.717, 1.165) is 42.6 Å². The number of nitrogens with two attached hydrogens (primary N) is 2. The monoisotopic (exact) mass is 625 g/mol. The second-order valence-electron chi connectivity index (χ2n) is 11.2. The number of carbonyl (C=O) groups excluding carboxylic acids is 3. The number of esters is 2. The molecule has 2 atom stereocenters. The highest BCUT2D eigenvalue weighted by Crippen LogP contribution is 2.24. The molecule has 2 aliphatic heterocycles. The van der Waals surface area contributed by atoms with Crippen LogP contribution in [0.25, 0.3) is 11.1 Å². The van der Waals surface area contributed by atoms with Crippen LogP contribution in [0.15, 0.2) is 85.1 Å². The fourth-order valence-electron chi connectivity index (χ4n) is 5.34. The number of pyridine rings is 1. The molecule has 1 amide bonds. The van der Waals surface area contributed by atoms with Crippen LogP contribution in [0.4, 0.5) is 0 Å². The third-order valence-electron chi connectivity index (χ3n) is 8.01. The highest BCUT2D eigenvalue weighted by Gasteiger charge is 2.20. The molecule has 10 nitrogen and oxygen atoms in total. The maximum absolute atomic E-state index is 12.5. The Hall–Kier alpha value is -4.64. The Bertz CT molecular complexity index is 1520. The van der Waals surface area contributed by atoms with Gasteiger partial charge in [-0.1, -0.05) is 66.7 Å². The summed E-state index contributed by atoms with van der Waals surface area (Å²) in [6, 6.07) is 20.4. The predicted molar refractivity (Wildman–Crippen MR) is 178 cm³/mol. The molecule has 3 aromatic rings. The van der Waals surface area contributed by atoms with Crippen LogP contribution >= 0.6 is 0 Å². The Labute approximate surface area is 270 Å². The van der Waals surface area contributed by atoms with Crippen LogP contribution in [0.1, 0.15) is 45.6 Å². The highest BCUT2D eigenvalue weighted by molar-refractivity contribution is 5.93. The molecule has 0 aliphatic carbocycles. The first-order valence-electron chi connectivity index (χ1n) is 15.4. The first kappa shape index (κ1) is 34.2. The van der Waals surface area contributed by atoms with Crippen molar-refractivity contribution in [2.75, 3.05) is 40.4 Å². The van der Waals surface area contributed by atoms with E-state index < -0.39 is 18.1 Å². The molecule has 5 rings (SSSR count). The topological polar surface area (TPSA) is 150 Å². The molecular weight excluding hydrogens is 582 g/mol. The van der Waals surface area contributed by atoms with E-state index in [4.69, 9.17) is 11.5 Å². The van der Waals surface area contributed by atoms with Gasteiger partial charge in [0.1, 0.15) is 17.8 Å². The van der Waals surface area contributed by atoms with Crippen molar-refractivity contribution < 1.29 is 23.9 Å². The Balaban J connectivity index is 0.000000222. The number of methoxy groups -OCH3 is 2. The maximum Gasteiger partial charge on any atom is 0.322 e. The third kappa shape index (κ3) is 9.68. The minimum Gasteiger partial charge on any atom is -0.468 e. The van der Waals surface area contributed by atoms with Crippen molar-refractivity contribution in [3.8, 4) is 0 Å². The van der Waals surface area contributed by atoms with Crippen LogP contribution in [-0.2, 0) is 31.9 Å². The number of benzene rings is 2. The van der Waals surface area contributed by atoms with Crippen LogP contribution in [0, 0.1) is 0 Å². The number of rotatable bonds is 9. The third-order valence-corrected chi connectivity index (χ3v) is 8.01. The van der Waals surface area contributed by atoms with Crippen molar-refractivity contribution >= 4 is 29.0 Å². The zero-order valence-corrected chi connectivity index (χ0v) is 26.5. The molecule has 0 spiro atoms. The summed E-state index contributed by atoms with van der Waals surface area (Å²) in [6.45, 7) is 3.20. The highest BCUT2D eigenvalue weighted by atomic mass is 16.5. The normalized spacial score (nSPS) is 15.7. The maximum atomic E-state index is 12.5. The summed E-state index contributed by atoms with van der Waals surface area (Å²) in [5, 5.41) is 3.30. The Morgan fingerprint density at radius 1 is 0.804 bits per heavy atom. The van der Waals surface area contributed by atoms with Gasteiger partial charge in [-0.05, 0) is 77.8 Å². The van der Waals surface area contributed by atoms with E-state index in [2.05, 4.69) is 44.1 Å². The van der Waals surface area contributed by atoms with Gasteiger partial charge in [0.2, 0.25) is 0 Å². The van der Waals surface area contributed by atoms with Gasteiger partial charge in [0.15, 0.2) is 0 Å². The fourth-order valence-corrected chi connectivity index (χ4v) is 5.34. The molecule has 0 bridgehead atoms. The lowest BCUT2D eigenvalue weighted by molar-refractivity contribution is -0.142. The second kappa shape index (κ2) is 17.2. The largest absolute Gasteiger partial charge is 0.468 e. The van der Waals surface area contributed by atoms with Gasteiger partial charge in [0, 0.05) is 25.8 Å². The Morgan fingerprint density at radius 3 is 1.80 bits per heavy atom. The summed E-state index contributed by atoms with van der Waals surface area (Å²) in [5.41, 5.74) is 19.0. The van der Waals surface area contributed by atoms with E-state index in [9.17, 15) is 14.4 Å². The Morgan fingerprint density at radius 2 is 1.37 bits per heavy atom. The van der Waals surface area contributed by atoms with Crippen molar-refractivity contribution in [1.29, 1.82) is 0 Å². The second-order valence-corrected chi connectivity index (χ2v) is 11.2. The number of hydrogen-bond acceptors (Lipinski definition) is 9. The molecule has 1 aromatic heterocycles. The summed E-state index contributed by atoms with van der Waals surface area (Å²) in [7, 11) is 2.69. The van der Waals surface area contributed by atoms with Crippen molar-refractivity contribution in [2.45, 2.75) is 37.8 Å². The van der Waals surface area contributed by atoms with Gasteiger partial charge in [-0.25, -0.2) is 0 Å². The molecule has 0 fully saturated rings. The van der Waals surface area contributed by atoms with Crippen molar-refractivity contribution in [3.63, 3.8) is 0 Å². The number of nitrogens with zero attached hydrogens (tertiary/aromatic N) is 2. The van der Waals surface area contributed by atoms with E-state index in [1.807, 2.05) is 42.5 Å². The van der Waals surface area contributed by atoms with E-state index in [1.54, 1.807) is 23.2 Å². The molecule has 2 aromatic carbocycles. The average molecular weight is 626 g/mol. The lowest BCUT2D eigenvalue weighted by atomic mass is 9.97. The van der Waals surface area contributed by atoms with Gasteiger partial charge in [-0.3, -0.25) is 19.4 Å². The fraction of sp³-hybridized carbons (Fsp3) is 0.333. The predicted octanol–water partition coefficient (Wildman–Crippen LogP) is 3.16. The van der Waals surface area contributed by atoms with Gasteiger partial charge < -0.3 is 31.2 Å². The van der Waals surface area contributed by atoms with Crippen LogP contribution in [0.3, 0.4) is 0 Å². The summed E-state index contributed by atoms with van der Waals surface area (Å²) in [5.74, 6) is -0.824. The quantitative estimate of drug-likeness (QED) is 0.305. The molecule has 2 aliphatic rings. The smallest absolute Gasteiger partial charge is 0.322 e. The first-order valence-corrected chi connectivity index (χ1v) is 15.4. The molecule has 5 N–H and O–H groups in total. The zero-order chi connectivity index (χ0) is 32.9. The van der Waals surface area contributed by atoms with Crippen LogP contribution in [0.5, 0.6) is 0 Å². The van der Waals surface area contributed by atoms with E-state index in [0.29, 0.717) is 31.6 Å². The van der Waals surface area contributed by atoms with Gasteiger partial charge in [0.25, 0.3) is 5.91 Å². The number of ether oxygens (including phenoxy) is 2. The van der Waals surface area contributed by atoms with Crippen LogP contribution < -0.4 is 16.8 Å².